The zero-order valence-electron chi connectivity index (χ0n) is 17.3. The molecule has 154 valence electrons. The van der Waals surface area contributed by atoms with Crippen molar-refractivity contribution in [3.05, 3.63) is 36.3 Å². The first-order chi connectivity index (χ1) is 13.9. The molecule has 4 rings (SSSR count). The van der Waals surface area contributed by atoms with Gasteiger partial charge in [0.2, 0.25) is 0 Å². The first kappa shape index (κ1) is 19.6. The lowest BCUT2D eigenvalue weighted by atomic mass is 10.0. The SMILES string of the molecule is CC(C)(C)OC(=O)N1CCC(n2c(CCO)nc3cnc4ccccc4c32)CC1. The Balaban J connectivity index is 1.66. The summed E-state index contributed by atoms with van der Waals surface area (Å²) in [5.74, 6) is 0.872. The molecule has 3 aromatic rings. The number of pyridine rings is 1. The Kier molecular flexibility index (Phi) is 5.17. The summed E-state index contributed by atoms with van der Waals surface area (Å²) >= 11 is 0. The van der Waals surface area contributed by atoms with Crippen LogP contribution < -0.4 is 0 Å². The van der Waals surface area contributed by atoms with E-state index in [9.17, 15) is 9.90 Å². The molecule has 0 radical (unpaired) electrons. The van der Waals surface area contributed by atoms with Crippen molar-refractivity contribution in [2.75, 3.05) is 19.7 Å². The Labute approximate surface area is 170 Å². The molecule has 7 nitrogen and oxygen atoms in total. The first-order valence-corrected chi connectivity index (χ1v) is 10.2. The van der Waals surface area contributed by atoms with E-state index in [1.807, 2.05) is 45.2 Å². The van der Waals surface area contributed by atoms with Gasteiger partial charge in [0, 0.05) is 30.9 Å². The van der Waals surface area contributed by atoms with E-state index in [2.05, 4.69) is 15.6 Å². The Morgan fingerprint density at radius 1 is 1.21 bits per heavy atom. The van der Waals surface area contributed by atoms with E-state index in [4.69, 9.17) is 9.72 Å². The smallest absolute Gasteiger partial charge is 0.410 e. The number of fused-ring (bicyclic) bond motifs is 3. The molecule has 3 heterocycles. The Morgan fingerprint density at radius 2 is 1.93 bits per heavy atom. The highest BCUT2D eigenvalue weighted by Crippen LogP contribution is 2.32. The topological polar surface area (TPSA) is 80.5 Å². The van der Waals surface area contributed by atoms with Gasteiger partial charge in [-0.2, -0.15) is 0 Å². The Hall–Kier alpha value is -2.67. The highest BCUT2D eigenvalue weighted by atomic mass is 16.6. The molecule has 1 saturated heterocycles. The van der Waals surface area contributed by atoms with Crippen molar-refractivity contribution in [3.63, 3.8) is 0 Å². The molecular formula is C22H28N4O3. The third-order valence-electron chi connectivity index (χ3n) is 5.31. The van der Waals surface area contributed by atoms with Crippen molar-refractivity contribution >= 4 is 28.0 Å². The zero-order chi connectivity index (χ0) is 20.6. The molecule has 1 fully saturated rings. The van der Waals surface area contributed by atoms with Gasteiger partial charge in [0.15, 0.2) is 0 Å². The number of rotatable bonds is 3. The third-order valence-corrected chi connectivity index (χ3v) is 5.31. The van der Waals surface area contributed by atoms with Crippen molar-refractivity contribution in [1.29, 1.82) is 0 Å². The predicted molar refractivity (Wildman–Crippen MR) is 112 cm³/mol. The molecule has 0 atom stereocenters. The number of piperidine rings is 1. The van der Waals surface area contributed by atoms with Gasteiger partial charge in [-0.05, 0) is 39.7 Å². The maximum Gasteiger partial charge on any atom is 0.410 e. The highest BCUT2D eigenvalue weighted by Gasteiger charge is 2.29. The predicted octanol–water partition coefficient (Wildman–Crippen LogP) is 3.69. The average Bonchev–Trinajstić information content (AvgIpc) is 3.05. The van der Waals surface area contributed by atoms with Crippen LogP contribution in [-0.4, -0.2) is 55.9 Å². The zero-order valence-corrected chi connectivity index (χ0v) is 17.3. The van der Waals surface area contributed by atoms with Crippen LogP contribution >= 0.6 is 0 Å². The van der Waals surface area contributed by atoms with Gasteiger partial charge in [-0.3, -0.25) is 4.98 Å². The summed E-state index contributed by atoms with van der Waals surface area (Å²) in [4.78, 5) is 23.5. The van der Waals surface area contributed by atoms with E-state index in [1.54, 1.807) is 4.90 Å². The molecule has 2 aromatic heterocycles. The quantitative estimate of drug-likeness (QED) is 0.730. The number of aliphatic hydroxyl groups excluding tert-OH is 1. The van der Waals surface area contributed by atoms with Crippen LogP contribution in [-0.2, 0) is 11.2 Å². The van der Waals surface area contributed by atoms with Gasteiger partial charge in [0.1, 0.15) is 16.9 Å². The number of amides is 1. The third kappa shape index (κ3) is 3.92. The number of carbonyl (C=O) groups is 1. The van der Waals surface area contributed by atoms with Gasteiger partial charge in [-0.25, -0.2) is 9.78 Å². The standard InChI is InChI=1S/C22H28N4O3/c1-22(2,3)29-21(28)25-11-8-15(9-12-25)26-19(10-13-27)24-18-14-23-17-7-5-4-6-16(17)20(18)26/h4-7,14-15,27H,8-13H2,1-3H3. The second-order valence-electron chi connectivity index (χ2n) is 8.58. The van der Waals surface area contributed by atoms with E-state index < -0.39 is 5.60 Å². The van der Waals surface area contributed by atoms with E-state index in [-0.39, 0.29) is 18.7 Å². The van der Waals surface area contributed by atoms with Crippen LogP contribution in [0.25, 0.3) is 21.9 Å². The van der Waals surface area contributed by atoms with Crippen LogP contribution in [0.3, 0.4) is 0 Å². The van der Waals surface area contributed by atoms with Gasteiger partial charge in [-0.15, -0.1) is 0 Å². The van der Waals surface area contributed by atoms with Gasteiger partial charge in [0.05, 0.1) is 23.8 Å². The molecule has 0 saturated carbocycles. The van der Waals surface area contributed by atoms with Crippen molar-refractivity contribution in [2.24, 2.45) is 0 Å². The number of imidazole rings is 1. The van der Waals surface area contributed by atoms with Crippen LogP contribution in [0.15, 0.2) is 30.5 Å². The molecular weight excluding hydrogens is 368 g/mol. The van der Waals surface area contributed by atoms with Crippen LogP contribution in [0.2, 0.25) is 0 Å². The summed E-state index contributed by atoms with van der Waals surface area (Å²) in [6.45, 7) is 6.98. The number of nitrogens with zero attached hydrogens (tertiary/aromatic N) is 4. The largest absolute Gasteiger partial charge is 0.444 e. The number of hydrogen-bond donors (Lipinski definition) is 1. The number of hydrogen-bond acceptors (Lipinski definition) is 5. The maximum atomic E-state index is 12.4. The number of likely N-dealkylation sites (tertiary alicyclic amines) is 1. The van der Waals surface area contributed by atoms with Crippen molar-refractivity contribution in [3.8, 4) is 0 Å². The molecule has 0 unspecified atom stereocenters. The average molecular weight is 396 g/mol. The minimum Gasteiger partial charge on any atom is -0.444 e. The van der Waals surface area contributed by atoms with Crippen molar-refractivity contribution in [2.45, 2.75) is 51.7 Å². The fraction of sp³-hybridized carbons (Fsp3) is 0.500. The summed E-state index contributed by atoms with van der Waals surface area (Å²) in [7, 11) is 0. The Morgan fingerprint density at radius 3 is 2.62 bits per heavy atom. The van der Waals surface area contributed by atoms with Gasteiger partial charge in [0.25, 0.3) is 0 Å². The normalized spacial score (nSPS) is 15.9. The first-order valence-electron chi connectivity index (χ1n) is 10.2. The lowest BCUT2D eigenvalue weighted by molar-refractivity contribution is 0.0189. The molecule has 0 aliphatic carbocycles. The molecule has 0 bridgehead atoms. The summed E-state index contributed by atoms with van der Waals surface area (Å²) < 4.78 is 7.79. The molecule has 1 amide bonds. The van der Waals surface area contributed by atoms with Gasteiger partial charge in [-0.1, -0.05) is 18.2 Å². The molecule has 1 aromatic carbocycles. The molecule has 29 heavy (non-hydrogen) atoms. The van der Waals surface area contributed by atoms with E-state index in [1.165, 1.54) is 0 Å². The molecule has 0 spiro atoms. The van der Waals surface area contributed by atoms with E-state index in [0.717, 1.165) is 40.6 Å². The molecule has 1 aliphatic heterocycles. The van der Waals surface area contributed by atoms with Crippen LogP contribution in [0.1, 0.15) is 45.5 Å². The minimum atomic E-state index is -0.491. The number of aromatic nitrogens is 3. The number of carbonyl (C=O) groups excluding carboxylic acids is 1. The fourth-order valence-electron chi connectivity index (χ4n) is 4.08. The number of para-hydroxylation sites is 1. The lowest BCUT2D eigenvalue weighted by Gasteiger charge is -2.34. The Bertz CT molecular complexity index is 1030. The van der Waals surface area contributed by atoms with E-state index in [0.29, 0.717) is 19.5 Å². The summed E-state index contributed by atoms with van der Waals surface area (Å²) in [6, 6.07) is 8.28. The minimum absolute atomic E-state index is 0.0471. The van der Waals surface area contributed by atoms with E-state index >= 15 is 0 Å². The second kappa shape index (κ2) is 7.63. The highest BCUT2D eigenvalue weighted by molar-refractivity contribution is 6.02. The van der Waals surface area contributed by atoms with Crippen LogP contribution in [0, 0.1) is 0 Å². The van der Waals surface area contributed by atoms with Crippen LogP contribution in [0.5, 0.6) is 0 Å². The second-order valence-corrected chi connectivity index (χ2v) is 8.58. The number of ether oxygens (including phenoxy) is 1. The van der Waals surface area contributed by atoms with Crippen molar-refractivity contribution in [1.82, 2.24) is 19.4 Å². The van der Waals surface area contributed by atoms with Gasteiger partial charge >= 0.3 is 6.09 Å². The molecule has 1 N–H and O–H groups in total. The number of aliphatic hydroxyl groups is 1. The molecule has 1 aliphatic rings. The lowest BCUT2D eigenvalue weighted by Crippen LogP contribution is -2.42. The fourth-order valence-corrected chi connectivity index (χ4v) is 4.08. The summed E-state index contributed by atoms with van der Waals surface area (Å²) in [5, 5.41) is 10.6. The monoisotopic (exact) mass is 396 g/mol. The summed E-state index contributed by atoms with van der Waals surface area (Å²) in [6.07, 6.45) is 3.69. The van der Waals surface area contributed by atoms with Crippen LogP contribution in [0.4, 0.5) is 4.79 Å². The number of benzene rings is 1. The van der Waals surface area contributed by atoms with Crippen molar-refractivity contribution < 1.29 is 14.6 Å². The maximum absolute atomic E-state index is 12.4. The van der Waals surface area contributed by atoms with Gasteiger partial charge < -0.3 is 19.3 Å². The molecule has 7 heteroatoms. The summed E-state index contributed by atoms with van der Waals surface area (Å²) in [5.41, 5.74) is 2.36.